The molecule has 0 radical (unpaired) electrons. The molecule has 1 aromatic heterocycles. The summed E-state index contributed by atoms with van der Waals surface area (Å²) in [6.07, 6.45) is 0.0288. The molecule has 1 amide bonds. The van der Waals surface area contributed by atoms with Gasteiger partial charge in [-0.15, -0.1) is 0 Å². The third-order valence-electron chi connectivity index (χ3n) is 5.76. The second-order valence-electron chi connectivity index (χ2n) is 7.79. The Kier molecular flexibility index (Phi) is 7.01. The Bertz CT molecular complexity index is 901. The number of amides is 1. The normalized spacial score (nSPS) is 19.4. The maximum atomic E-state index is 12.8. The third kappa shape index (κ3) is 5.15. The van der Waals surface area contributed by atoms with Crippen molar-refractivity contribution in [3.63, 3.8) is 0 Å². The summed E-state index contributed by atoms with van der Waals surface area (Å²) in [6, 6.07) is 11.7. The van der Waals surface area contributed by atoms with Gasteiger partial charge in [0.2, 0.25) is 5.88 Å². The number of aliphatic hydroxyl groups excluding tert-OH is 1. The quantitative estimate of drug-likeness (QED) is 0.611. The lowest BCUT2D eigenvalue weighted by molar-refractivity contribution is 0.0865. The molecule has 2 atom stereocenters. The van der Waals surface area contributed by atoms with Gasteiger partial charge in [0, 0.05) is 32.2 Å². The molecule has 4 rings (SSSR count). The number of morpholine rings is 1. The Hall–Kier alpha value is -2.68. The van der Waals surface area contributed by atoms with E-state index in [1.54, 1.807) is 6.07 Å². The molecule has 1 saturated heterocycles. The summed E-state index contributed by atoms with van der Waals surface area (Å²) in [5.74, 6) is 0.774. The summed E-state index contributed by atoms with van der Waals surface area (Å²) in [5.41, 5.74) is 2.86. The molecule has 2 aliphatic rings. The summed E-state index contributed by atoms with van der Waals surface area (Å²) < 4.78 is 11.0. The minimum atomic E-state index is -0.701. The first-order chi connectivity index (χ1) is 15.2. The molecule has 8 nitrogen and oxygen atoms in total. The maximum absolute atomic E-state index is 12.8. The highest BCUT2D eigenvalue weighted by atomic mass is 16.5. The molecule has 0 bridgehead atoms. The van der Waals surface area contributed by atoms with Gasteiger partial charge in [0.25, 0.3) is 5.91 Å². The van der Waals surface area contributed by atoms with Crippen LogP contribution in [0.4, 0.5) is 5.82 Å². The SMILES string of the molecule is CCOc1nc(N2CCOCC2)ccc1C(=O)NC[C@@H](O)[C@@H]1Cc2ccccc2CN1. The van der Waals surface area contributed by atoms with Crippen molar-refractivity contribution in [3.8, 4) is 5.88 Å². The molecular weight excluding hydrogens is 396 g/mol. The topological polar surface area (TPSA) is 96.0 Å². The number of ether oxygens (including phenoxy) is 2. The van der Waals surface area contributed by atoms with Gasteiger partial charge >= 0.3 is 0 Å². The van der Waals surface area contributed by atoms with Crippen molar-refractivity contribution < 1.29 is 19.4 Å². The average molecular weight is 427 g/mol. The summed E-state index contributed by atoms with van der Waals surface area (Å²) >= 11 is 0. The lowest BCUT2D eigenvalue weighted by atomic mass is 9.93. The Morgan fingerprint density at radius 3 is 2.84 bits per heavy atom. The smallest absolute Gasteiger partial charge is 0.256 e. The van der Waals surface area contributed by atoms with Gasteiger partial charge < -0.3 is 30.1 Å². The van der Waals surface area contributed by atoms with Crippen molar-refractivity contribution in [1.82, 2.24) is 15.6 Å². The van der Waals surface area contributed by atoms with E-state index in [4.69, 9.17) is 9.47 Å². The predicted molar refractivity (Wildman–Crippen MR) is 118 cm³/mol. The van der Waals surface area contributed by atoms with Gasteiger partial charge in [0.1, 0.15) is 11.4 Å². The summed E-state index contributed by atoms with van der Waals surface area (Å²) in [6.45, 7) is 5.97. The minimum absolute atomic E-state index is 0.108. The van der Waals surface area contributed by atoms with Crippen LogP contribution in [-0.4, -0.2) is 67.6 Å². The summed E-state index contributed by atoms with van der Waals surface area (Å²) in [4.78, 5) is 19.5. The van der Waals surface area contributed by atoms with Crippen LogP contribution in [0.1, 0.15) is 28.4 Å². The Balaban J connectivity index is 1.38. The molecule has 2 aromatic rings. The van der Waals surface area contributed by atoms with Gasteiger partial charge in [-0.3, -0.25) is 4.79 Å². The second kappa shape index (κ2) is 10.1. The number of carbonyl (C=O) groups excluding carboxylic acids is 1. The molecule has 166 valence electrons. The molecule has 0 unspecified atom stereocenters. The number of fused-ring (bicyclic) bond motifs is 1. The zero-order valence-corrected chi connectivity index (χ0v) is 17.8. The first-order valence-electron chi connectivity index (χ1n) is 10.9. The lowest BCUT2D eigenvalue weighted by Crippen LogP contribution is -2.49. The molecule has 2 aliphatic heterocycles. The van der Waals surface area contributed by atoms with E-state index < -0.39 is 6.10 Å². The summed E-state index contributed by atoms with van der Waals surface area (Å²) in [7, 11) is 0. The van der Waals surface area contributed by atoms with Crippen molar-refractivity contribution in [3.05, 3.63) is 53.1 Å². The van der Waals surface area contributed by atoms with Crippen LogP contribution in [-0.2, 0) is 17.7 Å². The van der Waals surface area contributed by atoms with Crippen LogP contribution in [0.15, 0.2) is 36.4 Å². The number of carbonyl (C=O) groups is 1. The number of hydrogen-bond acceptors (Lipinski definition) is 7. The number of rotatable bonds is 7. The van der Waals surface area contributed by atoms with E-state index in [9.17, 15) is 9.90 Å². The van der Waals surface area contributed by atoms with Crippen molar-refractivity contribution in [2.24, 2.45) is 0 Å². The number of anilines is 1. The van der Waals surface area contributed by atoms with E-state index in [-0.39, 0.29) is 18.5 Å². The van der Waals surface area contributed by atoms with E-state index in [0.717, 1.165) is 25.3 Å². The fraction of sp³-hybridized carbons (Fsp3) is 0.478. The van der Waals surface area contributed by atoms with E-state index in [0.29, 0.717) is 37.8 Å². The van der Waals surface area contributed by atoms with Gasteiger partial charge in [-0.1, -0.05) is 24.3 Å². The molecule has 8 heteroatoms. The molecule has 1 fully saturated rings. The highest BCUT2D eigenvalue weighted by Crippen LogP contribution is 2.23. The van der Waals surface area contributed by atoms with E-state index in [2.05, 4.69) is 32.7 Å². The summed E-state index contributed by atoms with van der Waals surface area (Å²) in [5, 5.41) is 16.8. The van der Waals surface area contributed by atoms with Crippen LogP contribution in [0.5, 0.6) is 5.88 Å². The second-order valence-corrected chi connectivity index (χ2v) is 7.79. The zero-order valence-electron chi connectivity index (χ0n) is 17.8. The number of aromatic nitrogens is 1. The van der Waals surface area contributed by atoms with Crippen molar-refractivity contribution in [2.75, 3.05) is 44.4 Å². The number of nitrogens with one attached hydrogen (secondary N) is 2. The fourth-order valence-electron chi connectivity index (χ4n) is 4.00. The molecule has 3 heterocycles. The van der Waals surface area contributed by atoms with Gasteiger partial charge in [0.15, 0.2) is 0 Å². The van der Waals surface area contributed by atoms with Crippen LogP contribution >= 0.6 is 0 Å². The lowest BCUT2D eigenvalue weighted by Gasteiger charge is -2.30. The highest BCUT2D eigenvalue weighted by molar-refractivity contribution is 5.96. The predicted octanol–water partition coefficient (Wildman–Crippen LogP) is 1.12. The average Bonchev–Trinajstić information content (AvgIpc) is 2.82. The monoisotopic (exact) mass is 426 g/mol. The number of nitrogens with zero attached hydrogens (tertiary/aromatic N) is 2. The van der Waals surface area contributed by atoms with Gasteiger partial charge in [-0.05, 0) is 36.6 Å². The van der Waals surface area contributed by atoms with Crippen molar-refractivity contribution in [1.29, 1.82) is 0 Å². The first kappa shape index (κ1) is 21.5. The molecule has 0 saturated carbocycles. The molecular formula is C23H30N4O4. The van der Waals surface area contributed by atoms with Gasteiger partial charge in [0.05, 0.1) is 25.9 Å². The molecule has 31 heavy (non-hydrogen) atoms. The number of hydrogen-bond donors (Lipinski definition) is 3. The van der Waals surface area contributed by atoms with Crippen LogP contribution in [0.3, 0.4) is 0 Å². The number of pyridine rings is 1. The largest absolute Gasteiger partial charge is 0.477 e. The molecule has 0 aliphatic carbocycles. The van der Waals surface area contributed by atoms with Crippen LogP contribution < -0.4 is 20.3 Å². The Labute approximate surface area is 182 Å². The van der Waals surface area contributed by atoms with Crippen LogP contribution in [0.2, 0.25) is 0 Å². The first-order valence-corrected chi connectivity index (χ1v) is 10.9. The van der Waals surface area contributed by atoms with E-state index in [1.807, 2.05) is 25.1 Å². The van der Waals surface area contributed by atoms with E-state index >= 15 is 0 Å². The van der Waals surface area contributed by atoms with Crippen molar-refractivity contribution >= 4 is 11.7 Å². The standard InChI is InChI=1S/C23H30N4O4/c1-2-31-23-18(7-8-21(26-23)27-9-11-30-12-10-27)22(29)25-15-20(28)19-13-16-5-3-4-6-17(16)14-24-19/h3-8,19-20,24,28H,2,9-15H2,1H3,(H,25,29)/t19-,20+/m0/s1. The van der Waals surface area contributed by atoms with Crippen LogP contribution in [0, 0.1) is 0 Å². The van der Waals surface area contributed by atoms with Crippen molar-refractivity contribution in [2.45, 2.75) is 32.0 Å². The fourth-order valence-corrected chi connectivity index (χ4v) is 4.00. The minimum Gasteiger partial charge on any atom is -0.477 e. The van der Waals surface area contributed by atoms with Crippen LogP contribution in [0.25, 0.3) is 0 Å². The Morgan fingerprint density at radius 1 is 1.29 bits per heavy atom. The number of aliphatic hydroxyl groups is 1. The number of benzene rings is 1. The molecule has 0 spiro atoms. The highest BCUT2D eigenvalue weighted by Gasteiger charge is 2.25. The molecule has 1 aromatic carbocycles. The third-order valence-corrected chi connectivity index (χ3v) is 5.76. The maximum Gasteiger partial charge on any atom is 0.256 e. The zero-order chi connectivity index (χ0) is 21.6. The van der Waals surface area contributed by atoms with E-state index in [1.165, 1.54) is 11.1 Å². The van der Waals surface area contributed by atoms with Gasteiger partial charge in [-0.2, -0.15) is 4.98 Å². The van der Waals surface area contributed by atoms with Gasteiger partial charge in [-0.25, -0.2) is 0 Å². The molecule has 3 N–H and O–H groups in total. The Morgan fingerprint density at radius 2 is 2.06 bits per heavy atom.